The van der Waals surface area contributed by atoms with Crippen LogP contribution >= 0.6 is 27.3 Å². The molecule has 0 radical (unpaired) electrons. The lowest BCUT2D eigenvalue weighted by Gasteiger charge is -2.08. The SMILES string of the molecule is O=C(c1cc2c(s1)CCCC2)c1c[nH]c2ncc(Br)cc12. The molecule has 0 bridgehead atoms. The first kappa shape index (κ1) is 13.2. The fourth-order valence-electron chi connectivity index (χ4n) is 2.90. The Morgan fingerprint density at radius 3 is 3.00 bits per heavy atom. The summed E-state index contributed by atoms with van der Waals surface area (Å²) in [6.07, 6.45) is 8.21. The third-order valence-electron chi connectivity index (χ3n) is 3.96. The number of aryl methyl sites for hydroxylation is 2. The van der Waals surface area contributed by atoms with Crippen LogP contribution in [0.3, 0.4) is 0 Å². The molecule has 4 rings (SSSR count). The smallest absolute Gasteiger partial charge is 0.205 e. The summed E-state index contributed by atoms with van der Waals surface area (Å²) in [7, 11) is 0. The molecular formula is C16H13BrN2OS. The molecule has 1 N–H and O–H groups in total. The number of nitrogens with one attached hydrogen (secondary N) is 1. The molecule has 0 atom stereocenters. The summed E-state index contributed by atoms with van der Waals surface area (Å²) in [6, 6.07) is 4.03. The predicted octanol–water partition coefficient (Wildman–Crippen LogP) is 4.50. The molecule has 0 saturated carbocycles. The Bertz CT molecular complexity index is 826. The van der Waals surface area contributed by atoms with Crippen LogP contribution in [0.2, 0.25) is 0 Å². The summed E-state index contributed by atoms with van der Waals surface area (Å²) < 4.78 is 0.883. The van der Waals surface area contributed by atoms with Gasteiger partial charge >= 0.3 is 0 Å². The van der Waals surface area contributed by atoms with E-state index >= 15 is 0 Å². The molecule has 1 aliphatic rings. The summed E-state index contributed by atoms with van der Waals surface area (Å²) in [4.78, 5) is 22.4. The van der Waals surface area contributed by atoms with Crippen molar-refractivity contribution >= 4 is 44.1 Å². The van der Waals surface area contributed by atoms with Crippen LogP contribution in [0.15, 0.2) is 29.0 Å². The van der Waals surface area contributed by atoms with E-state index in [1.807, 2.05) is 6.07 Å². The zero-order chi connectivity index (χ0) is 14.4. The van der Waals surface area contributed by atoms with Crippen LogP contribution in [-0.2, 0) is 12.8 Å². The maximum absolute atomic E-state index is 12.8. The maximum Gasteiger partial charge on any atom is 0.205 e. The number of carbonyl (C=O) groups excluding carboxylic acids is 1. The number of rotatable bonds is 2. The van der Waals surface area contributed by atoms with Crippen molar-refractivity contribution in [2.45, 2.75) is 25.7 Å². The Labute approximate surface area is 134 Å². The van der Waals surface area contributed by atoms with E-state index in [0.29, 0.717) is 5.56 Å². The summed E-state index contributed by atoms with van der Waals surface area (Å²) in [5.74, 6) is 0.0977. The van der Waals surface area contributed by atoms with Gasteiger partial charge in [0.15, 0.2) is 0 Å². The van der Waals surface area contributed by atoms with E-state index < -0.39 is 0 Å². The third-order valence-corrected chi connectivity index (χ3v) is 5.63. The molecule has 3 aromatic rings. The first-order chi connectivity index (χ1) is 10.2. The quantitative estimate of drug-likeness (QED) is 0.684. The molecule has 3 heterocycles. The van der Waals surface area contributed by atoms with Gasteiger partial charge in [-0.3, -0.25) is 4.79 Å². The minimum atomic E-state index is 0.0977. The van der Waals surface area contributed by atoms with Gasteiger partial charge in [0.2, 0.25) is 5.78 Å². The third kappa shape index (κ3) is 2.24. The summed E-state index contributed by atoms with van der Waals surface area (Å²) in [6.45, 7) is 0. The van der Waals surface area contributed by atoms with Crippen molar-refractivity contribution in [2.75, 3.05) is 0 Å². The van der Waals surface area contributed by atoms with Gasteiger partial charge in [-0.25, -0.2) is 4.98 Å². The maximum atomic E-state index is 12.8. The van der Waals surface area contributed by atoms with Crippen LogP contribution in [-0.4, -0.2) is 15.8 Å². The Morgan fingerprint density at radius 1 is 1.29 bits per heavy atom. The molecule has 1 aliphatic carbocycles. The van der Waals surface area contributed by atoms with Crippen LogP contribution in [0.5, 0.6) is 0 Å². The van der Waals surface area contributed by atoms with Crippen molar-refractivity contribution in [3.63, 3.8) is 0 Å². The molecule has 5 heteroatoms. The largest absolute Gasteiger partial charge is 0.345 e. The molecule has 0 unspecified atom stereocenters. The lowest BCUT2D eigenvalue weighted by molar-refractivity contribution is 0.104. The lowest BCUT2D eigenvalue weighted by Crippen LogP contribution is -1.98. The van der Waals surface area contributed by atoms with Gasteiger partial charge in [0.25, 0.3) is 0 Å². The number of fused-ring (bicyclic) bond motifs is 2. The fourth-order valence-corrected chi connectivity index (χ4v) is 4.44. The second kappa shape index (κ2) is 5.07. The molecule has 3 nitrogen and oxygen atoms in total. The average molecular weight is 361 g/mol. The van der Waals surface area contributed by atoms with Gasteiger partial charge in [-0.05, 0) is 59.3 Å². The van der Waals surface area contributed by atoms with Crippen molar-refractivity contribution in [2.24, 2.45) is 0 Å². The van der Waals surface area contributed by atoms with Gasteiger partial charge in [-0.2, -0.15) is 0 Å². The molecule has 0 aromatic carbocycles. The monoisotopic (exact) mass is 360 g/mol. The molecule has 21 heavy (non-hydrogen) atoms. The fraction of sp³-hybridized carbons (Fsp3) is 0.250. The Morgan fingerprint density at radius 2 is 2.14 bits per heavy atom. The van der Waals surface area contributed by atoms with E-state index in [4.69, 9.17) is 0 Å². The second-order valence-electron chi connectivity index (χ2n) is 5.35. The van der Waals surface area contributed by atoms with Crippen molar-refractivity contribution in [1.29, 1.82) is 0 Å². The van der Waals surface area contributed by atoms with Crippen LogP contribution in [0.4, 0.5) is 0 Å². The van der Waals surface area contributed by atoms with E-state index in [0.717, 1.165) is 33.2 Å². The topological polar surface area (TPSA) is 45.8 Å². The standard InChI is InChI=1S/C16H13BrN2OS/c17-10-6-11-12(8-19-16(11)18-7-10)15(20)14-5-9-3-1-2-4-13(9)21-14/h5-8H,1-4H2,(H,18,19). The zero-order valence-corrected chi connectivity index (χ0v) is 13.7. The molecule has 3 aromatic heterocycles. The number of halogens is 1. The van der Waals surface area contributed by atoms with E-state index in [2.05, 4.69) is 32.0 Å². The molecule has 0 spiro atoms. The first-order valence-corrected chi connectivity index (χ1v) is 8.62. The van der Waals surface area contributed by atoms with Crippen molar-refractivity contribution in [1.82, 2.24) is 9.97 Å². The van der Waals surface area contributed by atoms with Gasteiger partial charge in [-0.1, -0.05) is 0 Å². The number of hydrogen-bond acceptors (Lipinski definition) is 3. The number of aromatic nitrogens is 2. The average Bonchev–Trinajstić information content (AvgIpc) is 3.09. The number of hydrogen-bond donors (Lipinski definition) is 1. The number of pyridine rings is 1. The van der Waals surface area contributed by atoms with E-state index in [-0.39, 0.29) is 5.78 Å². The van der Waals surface area contributed by atoms with Crippen LogP contribution < -0.4 is 0 Å². The highest BCUT2D eigenvalue weighted by molar-refractivity contribution is 9.10. The van der Waals surface area contributed by atoms with Gasteiger partial charge < -0.3 is 4.98 Å². The number of carbonyl (C=O) groups is 1. The predicted molar refractivity (Wildman–Crippen MR) is 88.2 cm³/mol. The van der Waals surface area contributed by atoms with Crippen LogP contribution in [0.1, 0.15) is 38.5 Å². The van der Waals surface area contributed by atoms with E-state index in [1.165, 1.54) is 23.3 Å². The molecule has 0 saturated heterocycles. The molecule has 106 valence electrons. The van der Waals surface area contributed by atoms with Crippen LogP contribution in [0.25, 0.3) is 11.0 Å². The highest BCUT2D eigenvalue weighted by atomic mass is 79.9. The minimum Gasteiger partial charge on any atom is -0.345 e. The number of H-pyrrole nitrogens is 1. The van der Waals surface area contributed by atoms with Gasteiger partial charge in [0.1, 0.15) is 5.65 Å². The van der Waals surface area contributed by atoms with Crippen molar-refractivity contribution in [3.05, 3.63) is 49.9 Å². The molecule has 0 amide bonds. The van der Waals surface area contributed by atoms with E-state index in [1.54, 1.807) is 23.7 Å². The van der Waals surface area contributed by atoms with Crippen molar-refractivity contribution < 1.29 is 4.79 Å². The highest BCUT2D eigenvalue weighted by Crippen LogP contribution is 2.32. The normalized spacial score (nSPS) is 14.3. The van der Waals surface area contributed by atoms with Crippen molar-refractivity contribution in [3.8, 4) is 0 Å². The summed E-state index contributed by atoms with van der Waals surface area (Å²) >= 11 is 5.08. The summed E-state index contributed by atoms with van der Waals surface area (Å²) in [5, 5.41) is 0.876. The first-order valence-electron chi connectivity index (χ1n) is 7.01. The Hall–Kier alpha value is -1.46. The lowest BCUT2D eigenvalue weighted by atomic mass is 9.98. The van der Waals surface area contributed by atoms with Crippen LogP contribution in [0, 0.1) is 0 Å². The minimum absolute atomic E-state index is 0.0977. The number of ketones is 1. The zero-order valence-electron chi connectivity index (χ0n) is 11.3. The highest BCUT2D eigenvalue weighted by Gasteiger charge is 2.20. The molecule has 0 fully saturated rings. The van der Waals surface area contributed by atoms with E-state index in [9.17, 15) is 4.79 Å². The second-order valence-corrected chi connectivity index (χ2v) is 7.40. The Balaban J connectivity index is 1.79. The van der Waals surface area contributed by atoms with Gasteiger partial charge in [0, 0.05) is 27.1 Å². The van der Waals surface area contributed by atoms with Gasteiger partial charge in [-0.15, -0.1) is 11.3 Å². The van der Waals surface area contributed by atoms with Gasteiger partial charge in [0.05, 0.1) is 10.4 Å². The number of nitrogens with zero attached hydrogens (tertiary/aromatic N) is 1. The number of thiophene rings is 1. The molecular weight excluding hydrogens is 348 g/mol. The summed E-state index contributed by atoms with van der Waals surface area (Å²) in [5.41, 5.74) is 2.83. The Kier molecular flexibility index (Phi) is 3.19. The molecule has 0 aliphatic heterocycles. The number of aromatic amines is 1.